The topological polar surface area (TPSA) is 236 Å². The molecule has 572 valence electrons. The lowest BCUT2D eigenvalue weighted by Crippen LogP contribution is -2.53. The van der Waals surface area contributed by atoms with Crippen LogP contribution >= 0.6 is 0 Å². The molecule has 6 aliphatic rings. The minimum atomic E-state index is -1.52. The summed E-state index contributed by atoms with van der Waals surface area (Å²) < 4.78 is 43.0. The number of ketones is 1. The van der Waals surface area contributed by atoms with Crippen molar-refractivity contribution in [3.8, 4) is 34.1 Å². The normalized spacial score (nSPS) is 18.4. The van der Waals surface area contributed by atoms with Crippen LogP contribution in [0.4, 0.5) is 27.5 Å². The Morgan fingerprint density at radius 2 is 1.12 bits per heavy atom. The Morgan fingerprint density at radius 3 is 1.69 bits per heavy atom. The number of nitrogens with one attached hydrogen (secondary N) is 3. The minimum absolute atomic E-state index is 0.0337. The fraction of sp³-hybridized carbons (Fsp3) is 0.440. The third kappa shape index (κ3) is 17.9. The smallest absolute Gasteiger partial charge is 0.407 e. The van der Waals surface area contributed by atoms with Crippen LogP contribution in [0.15, 0.2) is 134 Å². The third-order valence-corrected chi connectivity index (χ3v) is 24.7. The first-order valence-corrected chi connectivity index (χ1v) is 45.3. The lowest BCUT2D eigenvalue weighted by Gasteiger charge is -2.34. The Balaban J connectivity index is 0.667. The van der Waals surface area contributed by atoms with Gasteiger partial charge in [0.25, 0.3) is 11.8 Å². The summed E-state index contributed by atoms with van der Waals surface area (Å²) in [4.78, 5) is 110. The number of allylic oxidation sites excluding steroid dienone is 2. The molecule has 1 fully saturated rings. The van der Waals surface area contributed by atoms with Crippen LogP contribution in [-0.4, -0.2) is 179 Å². The van der Waals surface area contributed by atoms with Gasteiger partial charge in [0, 0.05) is 103 Å². The van der Waals surface area contributed by atoms with Crippen LogP contribution in [0.2, 0.25) is 51.4 Å². The predicted octanol–water partition coefficient (Wildman–Crippen LogP) is 13.6. The van der Waals surface area contributed by atoms with Gasteiger partial charge in [-0.1, -0.05) is 132 Å². The number of hydrogen-bond donors (Lipinski definition) is 3. The van der Waals surface area contributed by atoms with Crippen molar-refractivity contribution in [2.45, 2.75) is 128 Å². The number of alkyl carbamates (subject to hydrolysis) is 1. The van der Waals surface area contributed by atoms with Gasteiger partial charge in [0.1, 0.15) is 38.2 Å². The van der Waals surface area contributed by atoms with Gasteiger partial charge in [-0.15, -0.1) is 0 Å². The zero-order valence-corrected chi connectivity index (χ0v) is 66.4. The van der Waals surface area contributed by atoms with Crippen LogP contribution in [0.5, 0.6) is 23.0 Å². The van der Waals surface area contributed by atoms with Crippen molar-refractivity contribution < 1.29 is 66.7 Å². The molecule has 3 N–H and O–H groups in total. The maximum Gasteiger partial charge on any atom is 0.407 e. The van der Waals surface area contributed by atoms with Crippen LogP contribution < -0.4 is 49.6 Å². The van der Waals surface area contributed by atoms with Crippen LogP contribution in [0.3, 0.4) is 0 Å². The molecule has 1 unspecified atom stereocenters. The highest BCUT2D eigenvalue weighted by molar-refractivity contribution is 6.76. The summed E-state index contributed by atoms with van der Waals surface area (Å²) in [6.45, 7) is 24.1. The number of anilines is 4. The van der Waals surface area contributed by atoms with Crippen molar-refractivity contribution in [2.75, 3.05) is 114 Å². The second kappa shape index (κ2) is 33.9. The molecule has 0 aromatic heterocycles. The molecule has 0 radical (unpaired) electrons. The first-order valence-electron chi connectivity index (χ1n) is 37.9. The Morgan fingerprint density at radius 1 is 0.574 bits per heavy atom. The Hall–Kier alpha value is -9.60. The van der Waals surface area contributed by atoms with Crippen LogP contribution in [0, 0.1) is 17.8 Å². The van der Waals surface area contributed by atoms with Crippen LogP contribution in [0.1, 0.15) is 102 Å². The number of likely N-dealkylation sites (N-methyl/N-ethyl adjacent to an activating group) is 1. The molecule has 24 heteroatoms. The van der Waals surface area contributed by atoms with E-state index in [4.69, 9.17) is 33.2 Å². The molecule has 4 aliphatic heterocycles. The molecule has 6 aromatic rings. The molecule has 0 bridgehead atoms. The molecule has 108 heavy (non-hydrogen) atoms. The molecule has 22 nitrogen and oxygen atoms in total. The largest absolute Gasteiger partial charge is 0.493 e. The van der Waals surface area contributed by atoms with Gasteiger partial charge in [0.2, 0.25) is 17.7 Å². The van der Waals surface area contributed by atoms with Crippen molar-refractivity contribution in [3.63, 3.8) is 0 Å². The number of unbranched alkanes of at least 4 members (excludes halogenated alkanes) is 2. The summed E-state index contributed by atoms with van der Waals surface area (Å²) in [5.74, 6) is -2.66. The third-order valence-electron chi connectivity index (χ3n) is 21.3. The van der Waals surface area contributed by atoms with E-state index in [-0.39, 0.29) is 75.0 Å². The van der Waals surface area contributed by atoms with E-state index < -0.39 is 64.0 Å². The van der Waals surface area contributed by atoms with Gasteiger partial charge in [0.15, 0.2) is 28.8 Å². The van der Waals surface area contributed by atoms with Crippen molar-refractivity contribution in [1.29, 1.82) is 0 Å². The summed E-state index contributed by atoms with van der Waals surface area (Å²) in [6.07, 6.45) is 5.49. The van der Waals surface area contributed by atoms with Gasteiger partial charge in [-0.05, 0) is 139 Å². The Bertz CT molecular complexity index is 4350. The second-order valence-corrected chi connectivity index (χ2v) is 43.1. The quantitative estimate of drug-likeness (QED) is 0.0271. The van der Waals surface area contributed by atoms with Crippen molar-refractivity contribution in [2.24, 2.45) is 17.8 Å². The Labute approximate surface area is 636 Å². The molecular formula is C84H104N8O14Si2. The molecule has 12 rings (SSSR count). The number of Topliss-reactive ketones (excluding diaryl/α,β-unsaturated/α-hetero) is 1. The van der Waals surface area contributed by atoms with E-state index in [2.05, 4.69) is 108 Å². The van der Waals surface area contributed by atoms with E-state index in [1.165, 1.54) is 14.2 Å². The maximum atomic E-state index is 15.1. The number of nitrogens with zero attached hydrogens (tertiary/aromatic N) is 5. The Kier molecular flexibility index (Phi) is 24.5. The zero-order chi connectivity index (χ0) is 76.7. The highest BCUT2D eigenvalue weighted by Crippen LogP contribution is 2.49. The summed E-state index contributed by atoms with van der Waals surface area (Å²) in [5.41, 5.74) is 10.8. The number of amides is 6. The van der Waals surface area contributed by atoms with E-state index in [9.17, 15) is 28.8 Å². The molecular weight excluding hydrogens is 1400 g/mol. The van der Waals surface area contributed by atoms with E-state index in [1.54, 1.807) is 71.9 Å². The lowest BCUT2D eigenvalue weighted by atomic mass is 9.88. The number of hydrogen-bond acceptors (Lipinski definition) is 16. The molecule has 1 saturated heterocycles. The number of benzene rings is 6. The first-order chi connectivity index (χ1) is 51.8. The molecule has 2 aliphatic carbocycles. The van der Waals surface area contributed by atoms with E-state index in [0.717, 1.165) is 88.5 Å². The molecule has 0 saturated carbocycles. The van der Waals surface area contributed by atoms with E-state index in [0.29, 0.717) is 90.1 Å². The maximum absolute atomic E-state index is 15.1. The molecule has 4 heterocycles. The van der Waals surface area contributed by atoms with Crippen LogP contribution in [0.25, 0.3) is 22.3 Å². The van der Waals surface area contributed by atoms with Crippen molar-refractivity contribution in [1.82, 2.24) is 20.4 Å². The average molecular weight is 1510 g/mol. The number of carbonyl (C=O) groups excluding carboxylic acids is 7. The number of piperazine rings is 1. The fourth-order valence-electron chi connectivity index (χ4n) is 14.8. The standard InChI is InChI=1S/C84H104N8O14Si2/c1-53(2)77(87-84(99)106-50-69-63-22-16-14-20-61(63)62-21-15-17-23-64(62)69)80(95)85-54(3)79(94)86-59-28-24-55(25-29-59)57-42-65-66(43-57)81(96)91(51-102-38-40-107(7,8)9)70-47-75(73(100-5)45-67(70)78(65)93)104-36-18-13-19-37-105-76-48-71-68(46-74(76)101-6)82(97)90-49-58(44-72(90)83(98)92(71)52-103-39-41-108(10,11)12)56-26-30-60(31-27-56)89-34-32-88(4)33-35-89/h14-17,20-31,42,45-49,53-54,65-66,69,72,77H,13,18-19,32-41,43-44,50-52H2,1-12H3,(H,85,95)(H,86,94)(H,87,99)/t54-,65?,66+,72-,77-/m0/s1. The minimum Gasteiger partial charge on any atom is -0.493 e. The summed E-state index contributed by atoms with van der Waals surface area (Å²) in [7, 11) is 2.19. The molecule has 6 amide bonds. The monoisotopic (exact) mass is 1500 g/mol. The van der Waals surface area contributed by atoms with Crippen LogP contribution in [-0.2, 0) is 33.4 Å². The van der Waals surface area contributed by atoms with Gasteiger partial charge < -0.3 is 63.8 Å². The van der Waals surface area contributed by atoms with Gasteiger partial charge >= 0.3 is 6.09 Å². The van der Waals surface area contributed by atoms with E-state index >= 15 is 4.79 Å². The van der Waals surface area contributed by atoms with Crippen molar-refractivity contribution in [3.05, 3.63) is 167 Å². The summed E-state index contributed by atoms with van der Waals surface area (Å²) in [5, 5.41) is 8.37. The lowest BCUT2D eigenvalue weighted by molar-refractivity contribution is -0.128. The molecule has 6 aromatic carbocycles. The molecule has 5 atom stereocenters. The highest BCUT2D eigenvalue weighted by Gasteiger charge is 2.47. The molecule has 0 spiro atoms. The highest BCUT2D eigenvalue weighted by atomic mass is 28.3. The number of carbonyl (C=O) groups is 7. The first kappa shape index (κ1) is 78.0. The van der Waals surface area contributed by atoms with Crippen molar-refractivity contribution >= 4 is 91.5 Å². The number of fused-ring (bicyclic) bond motifs is 7. The summed E-state index contributed by atoms with van der Waals surface area (Å²) in [6, 6.07) is 37.4. The van der Waals surface area contributed by atoms with E-state index in [1.807, 2.05) is 60.8 Å². The zero-order valence-electron chi connectivity index (χ0n) is 64.4. The SMILES string of the molecule is COc1cc2c(cc1OCCCCCOc1cc3c(cc1OC)C(=O)N1C=C(c4ccc(N5CCN(C)CC5)cc4)C[C@H]1C(=O)N3COCC[Si](C)(C)C)N(COCC[Si](C)(C)C)C(=O)[C@@H]1CC(c3ccc(NC(=O)[C@H](C)NC(=O)[C@@H](NC(=O)OCC4c5ccccc5-c5ccccc54)C(C)C)cc3)=CC1C2=O. The number of methoxy groups -OCH3 is 2. The average Bonchev–Trinajstić information content (AvgIpc) is 1.64. The fourth-order valence-corrected chi connectivity index (χ4v) is 16.3. The van der Waals surface area contributed by atoms with Gasteiger partial charge in [-0.25, -0.2) is 4.79 Å². The summed E-state index contributed by atoms with van der Waals surface area (Å²) >= 11 is 0. The number of rotatable bonds is 31. The predicted molar refractivity (Wildman–Crippen MR) is 426 cm³/mol. The van der Waals surface area contributed by atoms with Gasteiger partial charge in [-0.3, -0.25) is 38.6 Å². The van der Waals surface area contributed by atoms with Gasteiger partial charge in [-0.2, -0.15) is 0 Å². The second-order valence-electron chi connectivity index (χ2n) is 31.8. The van der Waals surface area contributed by atoms with Gasteiger partial charge in [0.05, 0.1) is 56.2 Å². The number of ether oxygens (including phenoxy) is 7.